The largest absolute Gasteiger partial charge is 0.374 e. The Morgan fingerprint density at radius 1 is 1.04 bits per heavy atom. The third-order valence-corrected chi connectivity index (χ3v) is 5.19. The first-order valence-corrected chi connectivity index (χ1v) is 9.69. The van der Waals surface area contributed by atoms with Crippen LogP contribution in [0.2, 0.25) is 0 Å². The Hall–Kier alpha value is -2.61. The van der Waals surface area contributed by atoms with Crippen LogP contribution in [0.1, 0.15) is 31.2 Å². The number of para-hydroxylation sites is 1. The van der Waals surface area contributed by atoms with E-state index < -0.39 is 0 Å². The summed E-state index contributed by atoms with van der Waals surface area (Å²) < 4.78 is 0. The van der Waals surface area contributed by atoms with Crippen molar-refractivity contribution in [3.8, 4) is 0 Å². The second-order valence-corrected chi connectivity index (χ2v) is 7.10. The van der Waals surface area contributed by atoms with E-state index in [9.17, 15) is 0 Å². The molecule has 0 bridgehead atoms. The van der Waals surface area contributed by atoms with E-state index in [1.807, 2.05) is 12.3 Å². The zero-order valence-electron chi connectivity index (χ0n) is 15.3. The van der Waals surface area contributed by atoms with Crippen LogP contribution in [-0.2, 0) is 6.42 Å². The highest BCUT2D eigenvalue weighted by molar-refractivity contribution is 5.78. The predicted octanol–water partition coefficient (Wildman–Crippen LogP) is 5.59. The maximum Gasteiger partial charge on any atom is 0.0702 e. The minimum atomic E-state index is 1.03. The molecule has 0 saturated carbocycles. The van der Waals surface area contributed by atoms with E-state index in [0.717, 1.165) is 37.9 Å². The molecular formula is C24H26N2. The smallest absolute Gasteiger partial charge is 0.0702 e. The summed E-state index contributed by atoms with van der Waals surface area (Å²) in [4.78, 5) is 6.98. The first kappa shape index (κ1) is 16.8. The van der Waals surface area contributed by atoms with Crippen molar-refractivity contribution in [2.75, 3.05) is 13.1 Å². The average molecular weight is 342 g/mol. The molecule has 1 aliphatic carbocycles. The minimum absolute atomic E-state index is 1.03. The molecule has 0 radical (unpaired) electrons. The van der Waals surface area contributed by atoms with E-state index in [-0.39, 0.29) is 0 Å². The van der Waals surface area contributed by atoms with Gasteiger partial charge in [0, 0.05) is 24.7 Å². The molecule has 4 rings (SSSR count). The fourth-order valence-corrected chi connectivity index (χ4v) is 3.67. The molecule has 1 aromatic heterocycles. The molecule has 0 fully saturated rings. The molecule has 2 aliphatic rings. The molecular weight excluding hydrogens is 316 g/mol. The predicted molar refractivity (Wildman–Crippen MR) is 110 cm³/mol. The summed E-state index contributed by atoms with van der Waals surface area (Å²) in [7, 11) is 0. The summed E-state index contributed by atoms with van der Waals surface area (Å²) >= 11 is 0. The normalized spacial score (nSPS) is 16.7. The Morgan fingerprint density at radius 2 is 2.00 bits per heavy atom. The maximum atomic E-state index is 4.56. The Morgan fingerprint density at radius 3 is 2.85 bits per heavy atom. The van der Waals surface area contributed by atoms with Crippen molar-refractivity contribution in [1.82, 2.24) is 9.88 Å². The summed E-state index contributed by atoms with van der Waals surface area (Å²) in [6, 6.07) is 10.6. The van der Waals surface area contributed by atoms with Crippen LogP contribution >= 0.6 is 0 Å². The van der Waals surface area contributed by atoms with Gasteiger partial charge in [0.05, 0.1) is 5.52 Å². The minimum Gasteiger partial charge on any atom is -0.374 e. The summed E-state index contributed by atoms with van der Waals surface area (Å²) in [5, 5.41) is 1.24. The molecule has 0 amide bonds. The van der Waals surface area contributed by atoms with Crippen LogP contribution < -0.4 is 0 Å². The quantitative estimate of drug-likeness (QED) is 0.502. The van der Waals surface area contributed by atoms with Crippen molar-refractivity contribution in [1.29, 1.82) is 0 Å². The van der Waals surface area contributed by atoms with E-state index in [0.29, 0.717) is 0 Å². The molecule has 0 N–H and O–H groups in total. The SMILES string of the molecule is C1=CCC(C2=CCN(CCCCc3cnc4ccccc4c3)C=C2)=CC1. The van der Waals surface area contributed by atoms with Crippen LogP contribution in [0.25, 0.3) is 10.9 Å². The molecule has 0 spiro atoms. The van der Waals surface area contributed by atoms with Gasteiger partial charge in [-0.15, -0.1) is 0 Å². The third kappa shape index (κ3) is 4.13. The lowest BCUT2D eigenvalue weighted by atomic mass is 9.96. The van der Waals surface area contributed by atoms with E-state index in [4.69, 9.17) is 0 Å². The Labute approximate surface area is 156 Å². The Kier molecular flexibility index (Phi) is 5.30. The molecule has 2 heterocycles. The number of hydrogen-bond acceptors (Lipinski definition) is 2. The summed E-state index contributed by atoms with van der Waals surface area (Å²) in [5.41, 5.74) is 5.32. The van der Waals surface area contributed by atoms with Crippen molar-refractivity contribution in [3.05, 3.63) is 89.8 Å². The molecule has 26 heavy (non-hydrogen) atoms. The van der Waals surface area contributed by atoms with Gasteiger partial charge in [0.2, 0.25) is 0 Å². The number of rotatable bonds is 6. The number of aryl methyl sites for hydroxylation is 1. The number of pyridine rings is 1. The van der Waals surface area contributed by atoms with E-state index in [2.05, 4.69) is 70.7 Å². The van der Waals surface area contributed by atoms with Gasteiger partial charge in [0.25, 0.3) is 0 Å². The van der Waals surface area contributed by atoms with E-state index >= 15 is 0 Å². The Bertz CT molecular complexity index is 886. The van der Waals surface area contributed by atoms with E-state index in [1.54, 1.807) is 0 Å². The molecule has 132 valence electrons. The van der Waals surface area contributed by atoms with Gasteiger partial charge in [0.15, 0.2) is 0 Å². The van der Waals surface area contributed by atoms with Gasteiger partial charge >= 0.3 is 0 Å². The number of aromatic nitrogens is 1. The van der Waals surface area contributed by atoms with Crippen LogP contribution in [0, 0.1) is 0 Å². The zero-order valence-corrected chi connectivity index (χ0v) is 15.3. The highest BCUT2D eigenvalue weighted by atomic mass is 15.1. The lowest BCUT2D eigenvalue weighted by molar-refractivity contribution is 0.396. The van der Waals surface area contributed by atoms with Crippen molar-refractivity contribution >= 4 is 10.9 Å². The number of hydrogen-bond donors (Lipinski definition) is 0. The third-order valence-electron chi connectivity index (χ3n) is 5.19. The fourth-order valence-electron chi connectivity index (χ4n) is 3.67. The molecule has 0 atom stereocenters. The number of benzene rings is 1. The summed E-state index contributed by atoms with van der Waals surface area (Å²) in [6.45, 7) is 2.16. The number of nitrogens with zero attached hydrogens (tertiary/aromatic N) is 2. The van der Waals surface area contributed by atoms with Crippen LogP contribution in [0.15, 0.2) is 84.3 Å². The van der Waals surface area contributed by atoms with Gasteiger partial charge in [-0.1, -0.05) is 42.5 Å². The number of fused-ring (bicyclic) bond motifs is 1. The monoisotopic (exact) mass is 342 g/mol. The van der Waals surface area contributed by atoms with Crippen molar-refractivity contribution in [2.45, 2.75) is 32.1 Å². The van der Waals surface area contributed by atoms with Gasteiger partial charge < -0.3 is 4.90 Å². The second-order valence-electron chi connectivity index (χ2n) is 7.10. The van der Waals surface area contributed by atoms with Gasteiger partial charge in [0.1, 0.15) is 0 Å². The summed E-state index contributed by atoms with van der Waals surface area (Å²) in [5.74, 6) is 0. The second kappa shape index (κ2) is 8.18. The molecule has 2 aromatic rings. The van der Waals surface area contributed by atoms with Crippen molar-refractivity contribution < 1.29 is 0 Å². The maximum absolute atomic E-state index is 4.56. The number of allylic oxidation sites excluding steroid dienone is 6. The summed E-state index contributed by atoms with van der Waals surface area (Å²) in [6.07, 6.45) is 21.5. The topological polar surface area (TPSA) is 16.1 Å². The van der Waals surface area contributed by atoms with Gasteiger partial charge in [-0.3, -0.25) is 4.98 Å². The van der Waals surface area contributed by atoms with E-state index in [1.165, 1.54) is 34.9 Å². The lowest BCUT2D eigenvalue weighted by Crippen LogP contribution is -2.21. The standard InChI is InChI=1S/C24H26N2/c1-2-9-21(10-3-1)22-13-16-26(17-14-22)15-7-6-8-20-18-23-11-4-5-12-24(23)25-19-20/h1-2,4-5,10-14,16,18-19H,3,6-9,15,17H2. The van der Waals surface area contributed by atoms with Crippen molar-refractivity contribution in [3.63, 3.8) is 0 Å². The molecule has 1 aromatic carbocycles. The molecule has 2 heteroatoms. The van der Waals surface area contributed by atoms with Gasteiger partial charge in [-0.05, 0) is 73.2 Å². The Balaban J connectivity index is 1.22. The van der Waals surface area contributed by atoms with Crippen LogP contribution in [0.5, 0.6) is 0 Å². The van der Waals surface area contributed by atoms with Crippen LogP contribution in [0.3, 0.4) is 0 Å². The highest BCUT2D eigenvalue weighted by Gasteiger charge is 2.09. The molecule has 2 nitrogen and oxygen atoms in total. The van der Waals surface area contributed by atoms with Crippen LogP contribution in [-0.4, -0.2) is 23.0 Å². The van der Waals surface area contributed by atoms with Gasteiger partial charge in [-0.2, -0.15) is 0 Å². The molecule has 1 aliphatic heterocycles. The number of unbranched alkanes of at least 4 members (excludes halogenated alkanes) is 1. The first-order chi connectivity index (χ1) is 12.9. The molecule has 0 unspecified atom stereocenters. The lowest BCUT2D eigenvalue weighted by Gasteiger charge is -2.23. The van der Waals surface area contributed by atoms with Gasteiger partial charge in [-0.25, -0.2) is 0 Å². The first-order valence-electron chi connectivity index (χ1n) is 9.69. The average Bonchev–Trinajstić information content (AvgIpc) is 2.72. The molecule has 0 saturated heterocycles. The fraction of sp³-hybridized carbons (Fsp3) is 0.292. The van der Waals surface area contributed by atoms with Crippen LogP contribution in [0.4, 0.5) is 0 Å². The van der Waals surface area contributed by atoms with Crippen molar-refractivity contribution in [2.24, 2.45) is 0 Å². The zero-order chi connectivity index (χ0) is 17.6. The highest BCUT2D eigenvalue weighted by Crippen LogP contribution is 2.23.